The van der Waals surface area contributed by atoms with Gasteiger partial charge >= 0.3 is 0 Å². The van der Waals surface area contributed by atoms with Crippen LogP contribution < -0.4 is 5.32 Å². The van der Waals surface area contributed by atoms with Crippen molar-refractivity contribution in [3.63, 3.8) is 0 Å². The van der Waals surface area contributed by atoms with Crippen molar-refractivity contribution in [1.82, 2.24) is 5.32 Å². The summed E-state index contributed by atoms with van der Waals surface area (Å²) >= 11 is 5.36. The van der Waals surface area contributed by atoms with Gasteiger partial charge in [-0.2, -0.15) is 0 Å². The number of hydrogen-bond acceptors (Lipinski definition) is 2. The maximum absolute atomic E-state index is 3.87. The fourth-order valence-electron chi connectivity index (χ4n) is 2.02. The van der Waals surface area contributed by atoms with Crippen LogP contribution in [0.2, 0.25) is 0 Å². The molecule has 2 unspecified atom stereocenters. The Bertz CT molecular complexity index is 391. The van der Waals surface area contributed by atoms with Crippen molar-refractivity contribution in [1.29, 1.82) is 0 Å². The van der Waals surface area contributed by atoms with Crippen LogP contribution in [0.3, 0.4) is 0 Å². The molecule has 0 bridgehead atoms. The Morgan fingerprint density at radius 1 is 1.56 bits per heavy atom. The van der Waals surface area contributed by atoms with Crippen molar-refractivity contribution >= 4 is 27.7 Å². The molecule has 0 aromatic heterocycles. The Balaban J connectivity index is 2.19. The van der Waals surface area contributed by atoms with Crippen LogP contribution in [0.4, 0.5) is 0 Å². The lowest BCUT2D eigenvalue weighted by molar-refractivity contribution is 0.422. The van der Waals surface area contributed by atoms with E-state index in [9.17, 15) is 0 Å². The van der Waals surface area contributed by atoms with E-state index in [1.165, 1.54) is 16.2 Å². The van der Waals surface area contributed by atoms with Gasteiger partial charge in [0.25, 0.3) is 0 Å². The minimum absolute atomic E-state index is 0.451. The number of benzene rings is 1. The zero-order valence-corrected chi connectivity index (χ0v) is 11.8. The largest absolute Gasteiger partial charge is 0.305 e. The van der Waals surface area contributed by atoms with E-state index in [4.69, 9.17) is 0 Å². The average Bonchev–Trinajstić information content (AvgIpc) is 2.27. The van der Waals surface area contributed by atoms with Crippen molar-refractivity contribution in [2.75, 3.05) is 12.3 Å². The zero-order valence-electron chi connectivity index (χ0n) is 9.37. The first-order valence-corrected chi connectivity index (χ1v) is 7.24. The molecule has 1 aliphatic heterocycles. The van der Waals surface area contributed by atoms with Gasteiger partial charge in [0.2, 0.25) is 0 Å². The van der Waals surface area contributed by atoms with Crippen LogP contribution in [-0.2, 0) is 0 Å². The smallest absolute Gasteiger partial charge is 0.0368 e. The second kappa shape index (κ2) is 5.39. The number of halogens is 1. The van der Waals surface area contributed by atoms with E-state index in [0.29, 0.717) is 12.0 Å². The third kappa shape index (κ3) is 2.70. The van der Waals surface area contributed by atoms with E-state index in [0.717, 1.165) is 11.0 Å². The van der Waals surface area contributed by atoms with Gasteiger partial charge in [-0.25, -0.2) is 0 Å². The van der Waals surface area contributed by atoms with Crippen molar-refractivity contribution in [3.05, 3.63) is 40.9 Å². The monoisotopic (exact) mass is 297 g/mol. The summed E-state index contributed by atoms with van der Waals surface area (Å²) in [7, 11) is 0. The molecule has 1 N–H and O–H groups in total. The van der Waals surface area contributed by atoms with Gasteiger partial charge in [0, 0.05) is 27.7 Å². The van der Waals surface area contributed by atoms with Crippen LogP contribution in [0.15, 0.2) is 40.2 Å². The molecule has 16 heavy (non-hydrogen) atoms. The Kier molecular flexibility index (Phi) is 4.11. The third-order valence-electron chi connectivity index (χ3n) is 2.84. The highest BCUT2D eigenvalue weighted by Crippen LogP contribution is 2.39. The molecule has 3 heteroatoms. The molecule has 0 fully saturated rings. The van der Waals surface area contributed by atoms with Crippen LogP contribution in [0.5, 0.6) is 0 Å². The van der Waals surface area contributed by atoms with Gasteiger partial charge < -0.3 is 5.32 Å². The topological polar surface area (TPSA) is 12.0 Å². The minimum Gasteiger partial charge on any atom is -0.305 e. The Morgan fingerprint density at radius 3 is 3.06 bits per heavy atom. The van der Waals surface area contributed by atoms with Crippen LogP contribution in [0.1, 0.15) is 18.5 Å². The van der Waals surface area contributed by atoms with Crippen molar-refractivity contribution in [2.45, 2.75) is 17.9 Å². The molecule has 1 heterocycles. The molecule has 0 saturated carbocycles. The summed E-state index contributed by atoms with van der Waals surface area (Å²) in [6.07, 6.45) is 0. The summed E-state index contributed by atoms with van der Waals surface area (Å²) in [5, 5.41) is 3.57. The van der Waals surface area contributed by atoms with E-state index >= 15 is 0 Å². The normalized spacial score (nSPS) is 23.9. The Labute approximate surface area is 110 Å². The fraction of sp³-hybridized carbons (Fsp3) is 0.385. The van der Waals surface area contributed by atoms with Crippen molar-refractivity contribution in [3.8, 4) is 0 Å². The van der Waals surface area contributed by atoms with E-state index in [1.807, 2.05) is 11.8 Å². The second-order valence-corrected chi connectivity index (χ2v) is 6.39. The molecular formula is C13H16BrNS. The first-order valence-electron chi connectivity index (χ1n) is 5.47. The summed E-state index contributed by atoms with van der Waals surface area (Å²) in [6, 6.07) is 9.12. The van der Waals surface area contributed by atoms with Gasteiger partial charge in [0.1, 0.15) is 0 Å². The number of nitrogens with one attached hydrogen (secondary N) is 1. The minimum atomic E-state index is 0.451. The highest BCUT2D eigenvalue weighted by atomic mass is 79.9. The Hall–Kier alpha value is -0.250. The summed E-state index contributed by atoms with van der Waals surface area (Å²) in [5.41, 5.74) is 1.43. The molecule has 86 valence electrons. The standard InChI is InChI=1S/C13H16BrNS/c1-9-8-16-12-6-4-3-5-11(12)13(9)15-7-10(2)14/h3-6,9,13,15H,2,7-8H2,1H3. The van der Waals surface area contributed by atoms with E-state index in [-0.39, 0.29) is 0 Å². The predicted molar refractivity (Wildman–Crippen MR) is 75.1 cm³/mol. The van der Waals surface area contributed by atoms with Gasteiger partial charge in [0.05, 0.1) is 0 Å². The lowest BCUT2D eigenvalue weighted by atomic mass is 9.95. The molecule has 1 aliphatic rings. The van der Waals surface area contributed by atoms with Crippen LogP contribution in [0, 0.1) is 5.92 Å². The van der Waals surface area contributed by atoms with Crippen LogP contribution >= 0.6 is 27.7 Å². The molecule has 2 rings (SSSR count). The van der Waals surface area contributed by atoms with E-state index < -0.39 is 0 Å². The lowest BCUT2D eigenvalue weighted by Crippen LogP contribution is -2.31. The van der Waals surface area contributed by atoms with Gasteiger partial charge in [0.15, 0.2) is 0 Å². The van der Waals surface area contributed by atoms with Gasteiger partial charge in [-0.05, 0) is 17.5 Å². The summed E-state index contributed by atoms with van der Waals surface area (Å²) in [5.74, 6) is 1.84. The van der Waals surface area contributed by atoms with Gasteiger partial charge in [-0.15, -0.1) is 11.8 Å². The first kappa shape index (κ1) is 12.2. The first-order chi connectivity index (χ1) is 7.68. The summed E-state index contributed by atoms with van der Waals surface area (Å²) < 4.78 is 1.01. The molecule has 0 saturated heterocycles. The average molecular weight is 298 g/mol. The maximum Gasteiger partial charge on any atom is 0.0368 e. The summed E-state index contributed by atoms with van der Waals surface area (Å²) in [4.78, 5) is 1.42. The second-order valence-electron chi connectivity index (χ2n) is 4.20. The molecule has 1 aromatic rings. The highest BCUT2D eigenvalue weighted by Gasteiger charge is 2.26. The predicted octanol–water partition coefficient (Wildman–Crippen LogP) is 3.97. The summed E-state index contributed by atoms with van der Waals surface area (Å²) in [6.45, 7) is 7.00. The number of thioether (sulfide) groups is 1. The SMILES string of the molecule is C=C(Br)CNC1c2ccccc2SCC1C. The molecule has 0 spiro atoms. The number of fused-ring (bicyclic) bond motifs is 1. The quantitative estimate of drug-likeness (QED) is 0.906. The number of rotatable bonds is 3. The molecule has 1 nitrogen and oxygen atoms in total. The lowest BCUT2D eigenvalue weighted by Gasteiger charge is -2.31. The zero-order chi connectivity index (χ0) is 11.5. The van der Waals surface area contributed by atoms with Crippen LogP contribution in [0.25, 0.3) is 0 Å². The van der Waals surface area contributed by atoms with Gasteiger partial charge in [-0.1, -0.05) is 47.6 Å². The Morgan fingerprint density at radius 2 is 2.31 bits per heavy atom. The van der Waals surface area contributed by atoms with Gasteiger partial charge in [-0.3, -0.25) is 0 Å². The molecule has 1 aromatic carbocycles. The molecule has 0 amide bonds. The molecule has 2 atom stereocenters. The molecule has 0 radical (unpaired) electrons. The van der Waals surface area contributed by atoms with Crippen molar-refractivity contribution in [2.24, 2.45) is 5.92 Å². The van der Waals surface area contributed by atoms with Crippen molar-refractivity contribution < 1.29 is 0 Å². The molecular weight excluding hydrogens is 282 g/mol. The third-order valence-corrected chi connectivity index (χ3v) is 4.49. The van der Waals surface area contributed by atoms with E-state index in [1.54, 1.807) is 0 Å². The fourth-order valence-corrected chi connectivity index (χ4v) is 3.36. The van der Waals surface area contributed by atoms with Crippen LogP contribution in [-0.4, -0.2) is 12.3 Å². The highest BCUT2D eigenvalue weighted by molar-refractivity contribution is 9.11. The number of hydrogen-bond donors (Lipinski definition) is 1. The molecule has 0 aliphatic carbocycles. The van der Waals surface area contributed by atoms with E-state index in [2.05, 4.69) is 59.0 Å². The maximum atomic E-state index is 3.87.